The molecule has 1 N–H and O–H groups in total. The standard InChI is InChI=1S/C11H15NO2S/c13-10(4-8-5-12-6-15-8)9-3-7-1-2-11(9)14-7/h5-7,9-11,13H,1-4H2. The van der Waals surface area contributed by atoms with Gasteiger partial charge in [-0.1, -0.05) is 0 Å². The molecule has 1 aromatic heterocycles. The van der Waals surface area contributed by atoms with E-state index in [2.05, 4.69) is 4.98 Å². The minimum Gasteiger partial charge on any atom is -0.392 e. The Hall–Kier alpha value is -0.450. The van der Waals surface area contributed by atoms with E-state index < -0.39 is 0 Å². The van der Waals surface area contributed by atoms with Gasteiger partial charge < -0.3 is 9.84 Å². The molecule has 0 radical (unpaired) electrons. The Morgan fingerprint density at radius 3 is 3.13 bits per heavy atom. The molecule has 0 saturated carbocycles. The number of hydrogen-bond acceptors (Lipinski definition) is 4. The molecule has 0 amide bonds. The van der Waals surface area contributed by atoms with Crippen LogP contribution < -0.4 is 0 Å². The molecule has 0 aromatic carbocycles. The SMILES string of the molecule is OC(Cc1cncs1)C1CC2CCC1O2. The number of hydrogen-bond donors (Lipinski definition) is 1. The summed E-state index contributed by atoms with van der Waals surface area (Å²) in [5, 5.41) is 10.1. The summed E-state index contributed by atoms with van der Waals surface area (Å²) in [5.41, 5.74) is 1.82. The maximum atomic E-state index is 10.1. The lowest BCUT2D eigenvalue weighted by atomic mass is 9.84. The highest BCUT2D eigenvalue weighted by molar-refractivity contribution is 7.09. The van der Waals surface area contributed by atoms with Crippen LogP contribution in [0.1, 0.15) is 24.1 Å². The zero-order chi connectivity index (χ0) is 10.3. The monoisotopic (exact) mass is 225 g/mol. The Kier molecular flexibility index (Phi) is 2.50. The van der Waals surface area contributed by atoms with Crippen molar-refractivity contribution >= 4 is 11.3 Å². The van der Waals surface area contributed by atoms with Crippen LogP contribution in [-0.2, 0) is 11.2 Å². The Morgan fingerprint density at radius 2 is 2.53 bits per heavy atom. The molecule has 3 heterocycles. The van der Waals surface area contributed by atoms with Gasteiger partial charge in [-0.3, -0.25) is 4.98 Å². The van der Waals surface area contributed by atoms with Gasteiger partial charge in [-0.25, -0.2) is 0 Å². The number of rotatable bonds is 3. The van der Waals surface area contributed by atoms with Crippen molar-refractivity contribution in [2.24, 2.45) is 5.92 Å². The van der Waals surface area contributed by atoms with Gasteiger partial charge in [-0.05, 0) is 19.3 Å². The topological polar surface area (TPSA) is 42.4 Å². The Labute approximate surface area is 93.1 Å². The Balaban J connectivity index is 1.63. The fourth-order valence-corrected chi connectivity index (χ4v) is 3.43. The molecule has 4 unspecified atom stereocenters. The molecule has 2 aliphatic heterocycles. The third-order valence-electron chi connectivity index (χ3n) is 3.54. The molecule has 0 aliphatic carbocycles. The first-order valence-electron chi connectivity index (χ1n) is 5.54. The van der Waals surface area contributed by atoms with Crippen molar-refractivity contribution < 1.29 is 9.84 Å². The highest BCUT2D eigenvalue weighted by Gasteiger charge is 2.43. The molecule has 3 rings (SSSR count). The second-order valence-corrected chi connectivity index (χ2v) is 5.48. The molecule has 15 heavy (non-hydrogen) atoms. The predicted octanol–water partition coefficient (Wildman–Crippen LogP) is 1.61. The molecule has 3 nitrogen and oxygen atoms in total. The molecular weight excluding hydrogens is 210 g/mol. The highest BCUT2D eigenvalue weighted by atomic mass is 32.1. The number of aromatic nitrogens is 1. The van der Waals surface area contributed by atoms with E-state index in [9.17, 15) is 5.11 Å². The van der Waals surface area contributed by atoms with Gasteiger partial charge in [0.15, 0.2) is 0 Å². The van der Waals surface area contributed by atoms with Crippen molar-refractivity contribution in [3.63, 3.8) is 0 Å². The molecular formula is C11H15NO2S. The smallest absolute Gasteiger partial charge is 0.0794 e. The summed E-state index contributed by atoms with van der Waals surface area (Å²) in [6, 6.07) is 0. The second-order valence-electron chi connectivity index (χ2n) is 4.51. The van der Waals surface area contributed by atoms with Gasteiger partial charge in [-0.15, -0.1) is 11.3 Å². The minimum absolute atomic E-state index is 0.249. The van der Waals surface area contributed by atoms with Crippen LogP contribution in [0.5, 0.6) is 0 Å². The summed E-state index contributed by atoms with van der Waals surface area (Å²) >= 11 is 1.62. The molecule has 4 heteroatoms. The van der Waals surface area contributed by atoms with E-state index in [1.807, 2.05) is 11.7 Å². The van der Waals surface area contributed by atoms with Gasteiger partial charge in [0.25, 0.3) is 0 Å². The van der Waals surface area contributed by atoms with Gasteiger partial charge >= 0.3 is 0 Å². The van der Waals surface area contributed by atoms with Crippen LogP contribution in [0.3, 0.4) is 0 Å². The van der Waals surface area contributed by atoms with Gasteiger partial charge in [0.2, 0.25) is 0 Å². The molecule has 2 aliphatic rings. The number of ether oxygens (including phenoxy) is 1. The first kappa shape index (κ1) is 9.75. The van der Waals surface area contributed by atoms with Gasteiger partial charge in [0, 0.05) is 23.4 Å². The second kappa shape index (κ2) is 3.85. The number of fused-ring (bicyclic) bond motifs is 2. The number of thiazole rings is 1. The molecule has 82 valence electrons. The molecule has 1 aromatic rings. The van der Waals surface area contributed by atoms with Crippen LogP contribution in [0.4, 0.5) is 0 Å². The van der Waals surface area contributed by atoms with Crippen LogP contribution >= 0.6 is 11.3 Å². The molecule has 2 fully saturated rings. The first-order chi connectivity index (χ1) is 7.33. The van der Waals surface area contributed by atoms with E-state index >= 15 is 0 Å². The van der Waals surface area contributed by atoms with Gasteiger partial charge in [0.1, 0.15) is 0 Å². The lowest BCUT2D eigenvalue weighted by molar-refractivity contribution is 0.0435. The van der Waals surface area contributed by atoms with Crippen LogP contribution in [-0.4, -0.2) is 28.4 Å². The van der Waals surface area contributed by atoms with Crippen LogP contribution in [0.2, 0.25) is 0 Å². The van der Waals surface area contributed by atoms with Crippen molar-refractivity contribution in [3.8, 4) is 0 Å². The van der Waals surface area contributed by atoms with E-state index in [0.717, 1.165) is 19.3 Å². The molecule has 2 bridgehead atoms. The third kappa shape index (κ3) is 1.82. The first-order valence-corrected chi connectivity index (χ1v) is 6.42. The zero-order valence-electron chi connectivity index (χ0n) is 8.50. The van der Waals surface area contributed by atoms with Crippen molar-refractivity contribution in [2.75, 3.05) is 0 Å². The lowest BCUT2D eigenvalue weighted by Crippen LogP contribution is -2.30. The molecule has 4 atom stereocenters. The van der Waals surface area contributed by atoms with Crippen molar-refractivity contribution in [2.45, 2.75) is 44.0 Å². The lowest BCUT2D eigenvalue weighted by Gasteiger charge is -2.23. The summed E-state index contributed by atoms with van der Waals surface area (Å²) in [4.78, 5) is 5.20. The average molecular weight is 225 g/mol. The van der Waals surface area contributed by atoms with E-state index in [0.29, 0.717) is 18.1 Å². The number of aliphatic hydroxyl groups excluding tert-OH is 1. The van der Waals surface area contributed by atoms with E-state index in [1.54, 1.807) is 11.3 Å². The van der Waals surface area contributed by atoms with Crippen molar-refractivity contribution in [3.05, 3.63) is 16.6 Å². The maximum absolute atomic E-state index is 10.1. The predicted molar refractivity (Wildman–Crippen MR) is 57.8 cm³/mol. The van der Waals surface area contributed by atoms with Crippen LogP contribution in [0, 0.1) is 5.92 Å². The maximum Gasteiger partial charge on any atom is 0.0794 e. The fourth-order valence-electron chi connectivity index (χ4n) is 2.78. The fraction of sp³-hybridized carbons (Fsp3) is 0.727. The zero-order valence-corrected chi connectivity index (χ0v) is 9.32. The quantitative estimate of drug-likeness (QED) is 0.850. The number of nitrogens with zero attached hydrogens (tertiary/aromatic N) is 1. The highest BCUT2D eigenvalue weighted by Crippen LogP contribution is 2.41. The summed E-state index contributed by atoms with van der Waals surface area (Å²) in [6.45, 7) is 0. The summed E-state index contributed by atoms with van der Waals surface area (Å²) in [6.07, 6.45) is 6.45. The Morgan fingerprint density at radius 1 is 1.60 bits per heavy atom. The van der Waals surface area contributed by atoms with E-state index in [4.69, 9.17) is 4.74 Å². The van der Waals surface area contributed by atoms with E-state index in [-0.39, 0.29) is 6.10 Å². The van der Waals surface area contributed by atoms with E-state index in [1.165, 1.54) is 11.3 Å². The molecule has 0 spiro atoms. The third-order valence-corrected chi connectivity index (χ3v) is 4.34. The van der Waals surface area contributed by atoms with Crippen molar-refractivity contribution in [1.29, 1.82) is 0 Å². The van der Waals surface area contributed by atoms with Crippen LogP contribution in [0.25, 0.3) is 0 Å². The summed E-state index contributed by atoms with van der Waals surface area (Å²) in [7, 11) is 0. The van der Waals surface area contributed by atoms with Crippen LogP contribution in [0.15, 0.2) is 11.7 Å². The minimum atomic E-state index is -0.249. The largest absolute Gasteiger partial charge is 0.392 e. The molecule has 2 saturated heterocycles. The number of aliphatic hydroxyl groups is 1. The summed E-state index contributed by atoms with van der Waals surface area (Å²) < 4.78 is 5.75. The summed E-state index contributed by atoms with van der Waals surface area (Å²) in [5.74, 6) is 0.353. The van der Waals surface area contributed by atoms with Gasteiger partial charge in [0.05, 0.1) is 23.8 Å². The average Bonchev–Trinajstić information content (AvgIpc) is 2.93. The normalized spacial score (nSPS) is 35.9. The van der Waals surface area contributed by atoms with Crippen molar-refractivity contribution in [1.82, 2.24) is 4.98 Å². The van der Waals surface area contributed by atoms with Gasteiger partial charge in [-0.2, -0.15) is 0 Å². The Bertz CT molecular complexity index is 327.